The Hall–Kier alpha value is -1.71. The largest absolute Gasteiger partial charge is 0.223 e. The van der Waals surface area contributed by atoms with Gasteiger partial charge in [0.1, 0.15) is 18.5 Å². The molecule has 0 saturated heterocycles. The molecule has 3 nitrogen and oxygen atoms in total. The SMILES string of the molecule is CCC.Cc1c(F)cccc1-n1cncn1. The van der Waals surface area contributed by atoms with Gasteiger partial charge in [-0.25, -0.2) is 14.1 Å². The molecule has 1 heterocycles. The predicted molar refractivity (Wildman–Crippen MR) is 62.0 cm³/mol. The van der Waals surface area contributed by atoms with Gasteiger partial charge in [-0.15, -0.1) is 0 Å². The minimum Gasteiger partial charge on any atom is -0.223 e. The van der Waals surface area contributed by atoms with Crippen molar-refractivity contribution in [2.24, 2.45) is 0 Å². The average Bonchev–Trinajstić information content (AvgIpc) is 2.76. The van der Waals surface area contributed by atoms with Crippen LogP contribution in [0.1, 0.15) is 25.8 Å². The van der Waals surface area contributed by atoms with Crippen molar-refractivity contribution in [1.29, 1.82) is 0 Å². The zero-order valence-electron chi connectivity index (χ0n) is 9.81. The number of halogens is 1. The van der Waals surface area contributed by atoms with Crippen LogP contribution in [-0.2, 0) is 0 Å². The van der Waals surface area contributed by atoms with Gasteiger partial charge in [0.2, 0.25) is 0 Å². The monoisotopic (exact) mass is 221 g/mol. The fourth-order valence-electron chi connectivity index (χ4n) is 1.18. The minimum atomic E-state index is -0.229. The van der Waals surface area contributed by atoms with Crippen LogP contribution in [-0.4, -0.2) is 14.8 Å². The fourth-order valence-corrected chi connectivity index (χ4v) is 1.18. The maximum atomic E-state index is 13.1. The van der Waals surface area contributed by atoms with Crippen LogP contribution < -0.4 is 0 Å². The Kier molecular flexibility index (Phi) is 4.64. The van der Waals surface area contributed by atoms with Gasteiger partial charge in [-0.2, -0.15) is 5.10 Å². The van der Waals surface area contributed by atoms with E-state index < -0.39 is 0 Å². The molecule has 0 aliphatic carbocycles. The van der Waals surface area contributed by atoms with Gasteiger partial charge in [0.05, 0.1) is 5.69 Å². The third kappa shape index (κ3) is 2.89. The summed E-state index contributed by atoms with van der Waals surface area (Å²) in [5.74, 6) is -0.229. The van der Waals surface area contributed by atoms with Gasteiger partial charge >= 0.3 is 0 Å². The van der Waals surface area contributed by atoms with Crippen LogP contribution in [0.3, 0.4) is 0 Å². The highest BCUT2D eigenvalue weighted by molar-refractivity contribution is 5.39. The minimum absolute atomic E-state index is 0.229. The van der Waals surface area contributed by atoms with Crippen LogP contribution in [0.4, 0.5) is 4.39 Å². The molecule has 1 aromatic heterocycles. The van der Waals surface area contributed by atoms with Crippen LogP contribution in [0, 0.1) is 12.7 Å². The molecule has 2 rings (SSSR count). The summed E-state index contributed by atoms with van der Waals surface area (Å²) in [7, 11) is 0. The van der Waals surface area contributed by atoms with Crippen LogP contribution in [0.5, 0.6) is 0 Å². The molecule has 1 aromatic carbocycles. The van der Waals surface area contributed by atoms with Crippen LogP contribution >= 0.6 is 0 Å². The van der Waals surface area contributed by atoms with E-state index in [1.807, 2.05) is 0 Å². The molecule has 86 valence electrons. The van der Waals surface area contributed by atoms with Crippen molar-refractivity contribution >= 4 is 0 Å². The maximum Gasteiger partial charge on any atom is 0.138 e. The smallest absolute Gasteiger partial charge is 0.138 e. The van der Waals surface area contributed by atoms with Crippen LogP contribution in [0.25, 0.3) is 5.69 Å². The van der Waals surface area contributed by atoms with Crippen molar-refractivity contribution in [2.45, 2.75) is 27.2 Å². The third-order valence-corrected chi connectivity index (χ3v) is 1.90. The van der Waals surface area contributed by atoms with E-state index in [0.717, 1.165) is 5.69 Å². The zero-order valence-corrected chi connectivity index (χ0v) is 9.81. The lowest BCUT2D eigenvalue weighted by atomic mass is 10.2. The second-order valence-electron chi connectivity index (χ2n) is 3.43. The van der Waals surface area contributed by atoms with E-state index in [1.54, 1.807) is 30.1 Å². The Morgan fingerprint density at radius 3 is 2.56 bits per heavy atom. The molecular formula is C12H16FN3. The van der Waals surface area contributed by atoms with E-state index in [9.17, 15) is 4.39 Å². The first-order valence-corrected chi connectivity index (χ1v) is 5.30. The second kappa shape index (κ2) is 6.00. The molecule has 16 heavy (non-hydrogen) atoms. The molecule has 2 aromatic rings. The Labute approximate surface area is 94.9 Å². The van der Waals surface area contributed by atoms with Crippen LogP contribution in [0.15, 0.2) is 30.9 Å². The summed E-state index contributed by atoms with van der Waals surface area (Å²) in [6.07, 6.45) is 4.21. The van der Waals surface area contributed by atoms with Gasteiger partial charge in [0.25, 0.3) is 0 Å². The number of rotatable bonds is 1. The normalized spacial score (nSPS) is 9.50. The molecule has 0 amide bonds. The number of hydrogen-bond donors (Lipinski definition) is 0. The van der Waals surface area contributed by atoms with Crippen molar-refractivity contribution in [3.05, 3.63) is 42.2 Å². The van der Waals surface area contributed by atoms with Gasteiger partial charge in [-0.05, 0) is 19.1 Å². The summed E-state index contributed by atoms with van der Waals surface area (Å²) in [6, 6.07) is 4.88. The fraction of sp³-hybridized carbons (Fsp3) is 0.333. The predicted octanol–water partition coefficient (Wildman–Crippen LogP) is 3.13. The Morgan fingerprint density at radius 2 is 2.00 bits per heavy atom. The molecular weight excluding hydrogens is 205 g/mol. The standard InChI is InChI=1S/C9H8FN3.C3H8/c1-7-8(10)3-2-4-9(7)13-6-11-5-12-13;1-3-2/h2-6H,1H3;3H2,1-2H3. The lowest BCUT2D eigenvalue weighted by Crippen LogP contribution is -1.98. The van der Waals surface area contributed by atoms with E-state index in [0.29, 0.717) is 5.56 Å². The number of hydrogen-bond acceptors (Lipinski definition) is 2. The molecule has 0 unspecified atom stereocenters. The quantitative estimate of drug-likeness (QED) is 0.740. The van der Waals surface area contributed by atoms with Gasteiger partial charge in [-0.3, -0.25) is 0 Å². The summed E-state index contributed by atoms with van der Waals surface area (Å²) < 4.78 is 14.6. The molecule has 0 N–H and O–H groups in total. The average molecular weight is 221 g/mol. The molecule has 0 aliphatic heterocycles. The number of aromatic nitrogens is 3. The van der Waals surface area contributed by atoms with E-state index in [2.05, 4.69) is 23.9 Å². The third-order valence-electron chi connectivity index (χ3n) is 1.90. The zero-order chi connectivity index (χ0) is 12.0. The summed E-state index contributed by atoms with van der Waals surface area (Å²) in [6.45, 7) is 5.96. The highest BCUT2D eigenvalue weighted by Gasteiger charge is 2.04. The van der Waals surface area contributed by atoms with E-state index in [1.165, 1.54) is 18.8 Å². The molecule has 0 spiro atoms. The molecule has 0 aliphatic rings. The highest BCUT2D eigenvalue weighted by Crippen LogP contribution is 2.14. The molecule has 0 bridgehead atoms. The van der Waals surface area contributed by atoms with E-state index >= 15 is 0 Å². The topological polar surface area (TPSA) is 30.7 Å². The summed E-state index contributed by atoms with van der Waals surface area (Å²) in [5, 5.41) is 3.93. The van der Waals surface area contributed by atoms with Gasteiger partial charge in [0, 0.05) is 5.56 Å². The highest BCUT2D eigenvalue weighted by atomic mass is 19.1. The molecule has 0 saturated carbocycles. The molecule has 0 atom stereocenters. The maximum absolute atomic E-state index is 13.1. The van der Waals surface area contributed by atoms with Crippen molar-refractivity contribution in [3.63, 3.8) is 0 Å². The van der Waals surface area contributed by atoms with Crippen molar-refractivity contribution < 1.29 is 4.39 Å². The Balaban J connectivity index is 0.000000386. The van der Waals surface area contributed by atoms with Gasteiger partial charge in [0.15, 0.2) is 0 Å². The second-order valence-corrected chi connectivity index (χ2v) is 3.43. The molecule has 0 fully saturated rings. The van der Waals surface area contributed by atoms with Crippen molar-refractivity contribution in [3.8, 4) is 5.69 Å². The van der Waals surface area contributed by atoms with E-state index in [4.69, 9.17) is 0 Å². The van der Waals surface area contributed by atoms with Crippen molar-refractivity contribution in [2.75, 3.05) is 0 Å². The van der Waals surface area contributed by atoms with E-state index in [-0.39, 0.29) is 5.82 Å². The van der Waals surface area contributed by atoms with Crippen LogP contribution in [0.2, 0.25) is 0 Å². The summed E-state index contributed by atoms with van der Waals surface area (Å²) in [4.78, 5) is 3.80. The first-order valence-electron chi connectivity index (χ1n) is 5.30. The summed E-state index contributed by atoms with van der Waals surface area (Å²) in [5.41, 5.74) is 1.30. The van der Waals surface area contributed by atoms with Gasteiger partial charge in [-0.1, -0.05) is 26.3 Å². The first-order chi connectivity index (χ1) is 7.70. The lowest BCUT2D eigenvalue weighted by molar-refractivity contribution is 0.615. The first kappa shape index (κ1) is 12.4. The number of nitrogens with zero attached hydrogens (tertiary/aromatic N) is 3. The Morgan fingerprint density at radius 1 is 1.31 bits per heavy atom. The molecule has 0 radical (unpaired) electrons. The number of benzene rings is 1. The van der Waals surface area contributed by atoms with Gasteiger partial charge < -0.3 is 0 Å². The Bertz CT molecular complexity index is 424. The van der Waals surface area contributed by atoms with Crippen molar-refractivity contribution in [1.82, 2.24) is 14.8 Å². The lowest BCUT2D eigenvalue weighted by Gasteiger charge is -2.04. The summed E-state index contributed by atoms with van der Waals surface area (Å²) >= 11 is 0. The molecule has 4 heteroatoms.